The number of hydrogen-bond acceptors (Lipinski definition) is 4. The number of fused-ring (bicyclic) bond motifs is 1. The van der Waals surface area contributed by atoms with Crippen LogP contribution in [-0.2, 0) is 9.53 Å². The van der Waals surface area contributed by atoms with E-state index in [4.69, 9.17) is 17.0 Å². The fraction of sp³-hybridized carbons (Fsp3) is 0.263. The van der Waals surface area contributed by atoms with Crippen molar-refractivity contribution in [1.82, 2.24) is 4.90 Å². The van der Waals surface area contributed by atoms with Gasteiger partial charge >= 0.3 is 0 Å². The van der Waals surface area contributed by atoms with Gasteiger partial charge in [0.05, 0.1) is 17.6 Å². The molecule has 2 fully saturated rings. The molecule has 0 spiro atoms. The van der Waals surface area contributed by atoms with Crippen molar-refractivity contribution in [3.8, 4) is 0 Å². The minimum atomic E-state index is -0.00608. The molecule has 1 atom stereocenters. The Bertz CT molecular complexity index is 835. The largest absolute Gasteiger partial charge is 0.376 e. The van der Waals surface area contributed by atoms with Gasteiger partial charge in [-0.25, -0.2) is 0 Å². The smallest absolute Gasteiger partial charge is 0.266 e. The number of carbonyl (C=O) groups is 1. The van der Waals surface area contributed by atoms with E-state index in [1.807, 2.05) is 30.3 Å². The van der Waals surface area contributed by atoms with Gasteiger partial charge in [-0.05, 0) is 35.3 Å². The molecule has 2 saturated heterocycles. The summed E-state index contributed by atoms with van der Waals surface area (Å²) in [4.78, 5) is 15.1. The lowest BCUT2D eigenvalue weighted by atomic mass is 10.0. The SMILES string of the molecule is O=C1/C(=C/c2cccc3ccccc23)SC(=S)N1CC1CCCO1. The summed E-state index contributed by atoms with van der Waals surface area (Å²) < 4.78 is 6.27. The molecule has 4 rings (SSSR count). The van der Waals surface area contributed by atoms with E-state index < -0.39 is 0 Å². The molecule has 1 amide bonds. The van der Waals surface area contributed by atoms with Gasteiger partial charge in [-0.3, -0.25) is 9.69 Å². The highest BCUT2D eigenvalue weighted by molar-refractivity contribution is 8.26. The highest BCUT2D eigenvalue weighted by Crippen LogP contribution is 2.34. The van der Waals surface area contributed by atoms with Gasteiger partial charge < -0.3 is 4.74 Å². The zero-order valence-corrected chi connectivity index (χ0v) is 14.7. The number of thiocarbonyl (C=S) groups is 1. The molecule has 0 aliphatic carbocycles. The van der Waals surface area contributed by atoms with E-state index in [0.717, 1.165) is 30.4 Å². The van der Waals surface area contributed by atoms with Gasteiger partial charge in [0.15, 0.2) is 0 Å². The average Bonchev–Trinajstić information content (AvgIpc) is 3.20. The number of nitrogens with zero attached hydrogens (tertiary/aromatic N) is 1. The summed E-state index contributed by atoms with van der Waals surface area (Å²) in [6.07, 6.45) is 4.13. The molecule has 122 valence electrons. The molecule has 2 aromatic carbocycles. The van der Waals surface area contributed by atoms with Crippen LogP contribution in [0.3, 0.4) is 0 Å². The molecule has 1 unspecified atom stereocenters. The van der Waals surface area contributed by atoms with Crippen LogP contribution in [0, 0.1) is 0 Å². The highest BCUT2D eigenvalue weighted by atomic mass is 32.2. The van der Waals surface area contributed by atoms with Crippen molar-refractivity contribution < 1.29 is 9.53 Å². The van der Waals surface area contributed by atoms with E-state index in [2.05, 4.69) is 18.2 Å². The molecular weight excluding hydrogens is 338 g/mol. The van der Waals surface area contributed by atoms with Crippen LogP contribution >= 0.6 is 24.0 Å². The zero-order chi connectivity index (χ0) is 16.5. The summed E-state index contributed by atoms with van der Waals surface area (Å²) in [5.41, 5.74) is 1.05. The van der Waals surface area contributed by atoms with Crippen molar-refractivity contribution in [2.24, 2.45) is 0 Å². The fourth-order valence-electron chi connectivity index (χ4n) is 3.17. The Morgan fingerprint density at radius 3 is 2.92 bits per heavy atom. The lowest BCUT2D eigenvalue weighted by Crippen LogP contribution is -2.35. The van der Waals surface area contributed by atoms with Gasteiger partial charge in [-0.15, -0.1) is 0 Å². The van der Waals surface area contributed by atoms with Crippen molar-refractivity contribution in [3.63, 3.8) is 0 Å². The number of hydrogen-bond donors (Lipinski definition) is 0. The second-order valence-corrected chi connectivity index (χ2v) is 7.67. The third kappa shape index (κ3) is 2.99. The maximum absolute atomic E-state index is 12.7. The third-order valence-corrected chi connectivity index (χ3v) is 5.77. The molecule has 0 radical (unpaired) electrons. The van der Waals surface area contributed by atoms with Crippen molar-refractivity contribution in [2.45, 2.75) is 18.9 Å². The fourth-order valence-corrected chi connectivity index (χ4v) is 4.43. The van der Waals surface area contributed by atoms with Crippen molar-refractivity contribution in [2.75, 3.05) is 13.2 Å². The molecule has 2 heterocycles. The minimum Gasteiger partial charge on any atom is -0.376 e. The Labute approximate surface area is 150 Å². The summed E-state index contributed by atoms with van der Waals surface area (Å²) in [5.74, 6) is -0.00608. The van der Waals surface area contributed by atoms with Gasteiger partial charge in [0.2, 0.25) is 0 Å². The molecule has 0 bridgehead atoms. The van der Waals surface area contributed by atoms with Crippen LogP contribution in [-0.4, -0.2) is 34.4 Å². The first-order chi connectivity index (χ1) is 11.7. The van der Waals surface area contributed by atoms with Crippen LogP contribution in [0.15, 0.2) is 47.4 Å². The van der Waals surface area contributed by atoms with E-state index in [0.29, 0.717) is 15.8 Å². The normalized spacial score (nSPS) is 22.9. The number of amides is 1. The van der Waals surface area contributed by atoms with Crippen LogP contribution in [0.1, 0.15) is 18.4 Å². The Hall–Kier alpha value is -1.69. The Morgan fingerprint density at radius 2 is 2.08 bits per heavy atom. The Balaban J connectivity index is 1.62. The lowest BCUT2D eigenvalue weighted by molar-refractivity contribution is -0.123. The number of thioether (sulfide) groups is 1. The van der Waals surface area contributed by atoms with Crippen molar-refractivity contribution in [1.29, 1.82) is 0 Å². The Kier molecular flexibility index (Phi) is 4.39. The number of ether oxygens (including phenoxy) is 1. The standard InChI is InChI=1S/C19H17NO2S2/c21-18-17(24-19(23)20(18)12-15-8-4-10-22-15)11-14-7-3-6-13-5-1-2-9-16(13)14/h1-3,5-7,9,11,15H,4,8,10,12H2/b17-11-. The summed E-state index contributed by atoms with van der Waals surface area (Å²) in [5, 5.41) is 2.31. The van der Waals surface area contributed by atoms with Crippen LogP contribution in [0.5, 0.6) is 0 Å². The predicted molar refractivity (Wildman–Crippen MR) is 103 cm³/mol. The zero-order valence-electron chi connectivity index (χ0n) is 13.1. The second-order valence-electron chi connectivity index (χ2n) is 6.00. The van der Waals surface area contributed by atoms with Crippen molar-refractivity contribution in [3.05, 3.63) is 52.9 Å². The summed E-state index contributed by atoms with van der Waals surface area (Å²) in [7, 11) is 0. The first kappa shape index (κ1) is 15.8. The summed E-state index contributed by atoms with van der Waals surface area (Å²) in [6.45, 7) is 1.35. The average molecular weight is 355 g/mol. The van der Waals surface area contributed by atoms with E-state index in [-0.39, 0.29) is 12.0 Å². The van der Waals surface area contributed by atoms with Gasteiger partial charge in [-0.1, -0.05) is 66.4 Å². The first-order valence-corrected chi connectivity index (χ1v) is 9.29. The number of rotatable bonds is 3. The van der Waals surface area contributed by atoms with E-state index in [1.165, 1.54) is 17.1 Å². The van der Waals surface area contributed by atoms with Crippen molar-refractivity contribution >= 4 is 51.1 Å². The van der Waals surface area contributed by atoms with Crippen LogP contribution in [0.4, 0.5) is 0 Å². The van der Waals surface area contributed by atoms with Crippen LogP contribution in [0.2, 0.25) is 0 Å². The molecule has 24 heavy (non-hydrogen) atoms. The van der Waals surface area contributed by atoms with Gasteiger partial charge in [-0.2, -0.15) is 0 Å². The van der Waals surface area contributed by atoms with Gasteiger partial charge in [0, 0.05) is 6.61 Å². The molecule has 2 aliphatic heterocycles. The molecule has 0 N–H and O–H groups in total. The van der Waals surface area contributed by atoms with E-state index in [1.54, 1.807) is 4.90 Å². The molecule has 5 heteroatoms. The van der Waals surface area contributed by atoms with E-state index in [9.17, 15) is 4.79 Å². The highest BCUT2D eigenvalue weighted by Gasteiger charge is 2.34. The maximum atomic E-state index is 12.7. The molecule has 0 saturated carbocycles. The van der Waals surface area contributed by atoms with Gasteiger partial charge in [0.1, 0.15) is 4.32 Å². The predicted octanol–water partition coefficient (Wildman–Crippen LogP) is 4.22. The third-order valence-electron chi connectivity index (χ3n) is 4.39. The number of benzene rings is 2. The quantitative estimate of drug-likeness (QED) is 0.609. The first-order valence-electron chi connectivity index (χ1n) is 8.07. The molecule has 2 aliphatic rings. The monoisotopic (exact) mass is 355 g/mol. The van der Waals surface area contributed by atoms with Crippen LogP contribution < -0.4 is 0 Å². The lowest BCUT2D eigenvalue weighted by Gasteiger charge is -2.18. The van der Waals surface area contributed by atoms with E-state index >= 15 is 0 Å². The summed E-state index contributed by atoms with van der Waals surface area (Å²) >= 11 is 6.79. The molecule has 2 aromatic rings. The maximum Gasteiger partial charge on any atom is 0.266 e. The second kappa shape index (κ2) is 6.67. The van der Waals surface area contributed by atoms with Gasteiger partial charge in [0.25, 0.3) is 5.91 Å². The molecular formula is C19H17NO2S2. The molecule has 3 nitrogen and oxygen atoms in total. The topological polar surface area (TPSA) is 29.5 Å². The molecule has 0 aromatic heterocycles. The summed E-state index contributed by atoms with van der Waals surface area (Å²) in [6, 6.07) is 14.3. The Morgan fingerprint density at radius 1 is 1.25 bits per heavy atom. The number of carbonyl (C=O) groups excluding carboxylic acids is 1. The van der Waals surface area contributed by atoms with Crippen LogP contribution in [0.25, 0.3) is 16.8 Å². The minimum absolute atomic E-state index is 0.00608.